The fourth-order valence-corrected chi connectivity index (χ4v) is 2.29. The zero-order chi connectivity index (χ0) is 16.0. The smallest absolute Gasteiger partial charge is 0.433 e. The van der Waals surface area contributed by atoms with Crippen molar-refractivity contribution in [1.82, 2.24) is 4.98 Å². The highest BCUT2D eigenvalue weighted by atomic mass is 79.9. The summed E-state index contributed by atoms with van der Waals surface area (Å²) in [4.78, 5) is 3.63. The molecule has 0 radical (unpaired) electrons. The Hall–Kier alpha value is -1.60. The van der Waals surface area contributed by atoms with Crippen molar-refractivity contribution in [2.75, 3.05) is 6.61 Å². The number of pyridine rings is 1. The number of hydrogen-bond acceptors (Lipinski definition) is 3. The van der Waals surface area contributed by atoms with Crippen LogP contribution in [0.2, 0.25) is 0 Å². The van der Waals surface area contributed by atoms with Crippen LogP contribution in [0.1, 0.15) is 18.2 Å². The zero-order valence-corrected chi connectivity index (χ0v) is 13.0. The van der Waals surface area contributed by atoms with Crippen LogP contribution in [0.4, 0.5) is 13.2 Å². The van der Waals surface area contributed by atoms with E-state index in [1.807, 2.05) is 0 Å². The van der Waals surface area contributed by atoms with E-state index in [0.717, 1.165) is 4.47 Å². The number of benzene rings is 1. The van der Waals surface area contributed by atoms with E-state index in [2.05, 4.69) is 20.9 Å². The molecule has 1 aromatic carbocycles. The molecule has 0 saturated carbocycles. The monoisotopic (exact) mass is 373 g/mol. The number of epoxide rings is 1. The van der Waals surface area contributed by atoms with E-state index in [4.69, 9.17) is 9.47 Å². The Bertz CT molecular complexity index is 697. The second kappa shape index (κ2) is 5.24. The van der Waals surface area contributed by atoms with Gasteiger partial charge in [0.05, 0.1) is 6.61 Å². The summed E-state index contributed by atoms with van der Waals surface area (Å²) < 4.78 is 50.9. The Morgan fingerprint density at radius 1 is 1.18 bits per heavy atom. The van der Waals surface area contributed by atoms with Crippen molar-refractivity contribution in [3.8, 4) is 11.6 Å². The fourth-order valence-electron chi connectivity index (χ4n) is 2.03. The second-order valence-corrected chi connectivity index (χ2v) is 6.03. The lowest BCUT2D eigenvalue weighted by molar-refractivity contribution is -0.142. The van der Waals surface area contributed by atoms with Gasteiger partial charge in [-0.25, -0.2) is 4.98 Å². The first kappa shape index (κ1) is 15.3. The molecular formula is C15H11BrF3NO2. The van der Waals surface area contributed by atoms with E-state index in [9.17, 15) is 13.2 Å². The second-order valence-electron chi connectivity index (χ2n) is 5.12. The zero-order valence-electron chi connectivity index (χ0n) is 11.4. The van der Waals surface area contributed by atoms with Gasteiger partial charge in [0, 0.05) is 16.1 Å². The van der Waals surface area contributed by atoms with Gasteiger partial charge in [0.15, 0.2) is 5.69 Å². The molecule has 0 spiro atoms. The molecule has 3 nitrogen and oxygen atoms in total. The normalized spacial score (nSPS) is 20.8. The van der Waals surface area contributed by atoms with Crippen molar-refractivity contribution >= 4 is 15.9 Å². The SMILES string of the molecule is CC1(c2ccc(Oc3ccc(Br)cc3)nc2C(F)(F)F)CO1. The van der Waals surface area contributed by atoms with Crippen molar-refractivity contribution in [2.45, 2.75) is 18.7 Å². The Balaban J connectivity index is 1.95. The van der Waals surface area contributed by atoms with Gasteiger partial charge in [0.2, 0.25) is 5.88 Å². The maximum absolute atomic E-state index is 13.2. The average Bonchev–Trinajstić information content (AvgIpc) is 3.19. The van der Waals surface area contributed by atoms with Crippen LogP contribution in [0.5, 0.6) is 11.6 Å². The molecule has 0 bridgehead atoms. The molecule has 116 valence electrons. The number of ether oxygens (including phenoxy) is 2. The van der Waals surface area contributed by atoms with Gasteiger partial charge in [-0.1, -0.05) is 15.9 Å². The molecule has 1 aromatic heterocycles. The lowest BCUT2D eigenvalue weighted by atomic mass is 10.00. The molecule has 1 unspecified atom stereocenters. The van der Waals surface area contributed by atoms with Gasteiger partial charge < -0.3 is 9.47 Å². The minimum atomic E-state index is -4.57. The summed E-state index contributed by atoms with van der Waals surface area (Å²) in [6, 6.07) is 9.51. The third-order valence-corrected chi connectivity index (χ3v) is 3.85. The highest BCUT2D eigenvalue weighted by Crippen LogP contribution is 2.44. The third-order valence-electron chi connectivity index (χ3n) is 3.32. The summed E-state index contributed by atoms with van der Waals surface area (Å²) in [6.45, 7) is 1.86. The highest BCUT2D eigenvalue weighted by molar-refractivity contribution is 9.10. The molecule has 22 heavy (non-hydrogen) atoms. The van der Waals surface area contributed by atoms with Gasteiger partial charge in [-0.2, -0.15) is 13.2 Å². The largest absolute Gasteiger partial charge is 0.439 e. The van der Waals surface area contributed by atoms with Gasteiger partial charge in [-0.05, 0) is 37.3 Å². The first-order chi connectivity index (χ1) is 10.3. The molecular weight excluding hydrogens is 363 g/mol. The molecule has 0 N–H and O–H groups in total. The topological polar surface area (TPSA) is 34.6 Å². The number of aromatic nitrogens is 1. The van der Waals surface area contributed by atoms with Crippen LogP contribution >= 0.6 is 15.9 Å². The molecule has 1 atom stereocenters. The van der Waals surface area contributed by atoms with Crippen molar-refractivity contribution in [3.63, 3.8) is 0 Å². The van der Waals surface area contributed by atoms with E-state index in [-0.39, 0.29) is 18.1 Å². The highest BCUT2D eigenvalue weighted by Gasteiger charge is 2.48. The fraction of sp³-hybridized carbons (Fsp3) is 0.267. The van der Waals surface area contributed by atoms with Gasteiger partial charge in [-0.3, -0.25) is 0 Å². The molecule has 7 heteroatoms. The van der Waals surface area contributed by atoms with Crippen molar-refractivity contribution in [2.24, 2.45) is 0 Å². The van der Waals surface area contributed by atoms with Crippen molar-refractivity contribution < 1.29 is 22.6 Å². The summed E-state index contributed by atoms with van der Waals surface area (Å²) in [7, 11) is 0. The standard InChI is InChI=1S/C15H11BrF3NO2/c1-14(8-21-14)11-6-7-12(20-13(11)15(17,18)19)22-10-4-2-9(16)3-5-10/h2-7H,8H2,1H3. The number of nitrogens with zero attached hydrogens (tertiary/aromatic N) is 1. The van der Waals surface area contributed by atoms with Crippen molar-refractivity contribution in [1.29, 1.82) is 0 Å². The Morgan fingerprint density at radius 3 is 2.36 bits per heavy atom. The van der Waals surface area contributed by atoms with E-state index >= 15 is 0 Å². The Morgan fingerprint density at radius 2 is 1.82 bits per heavy atom. The van der Waals surface area contributed by atoms with Crippen molar-refractivity contribution in [3.05, 3.63) is 52.1 Å². The van der Waals surface area contributed by atoms with E-state index in [1.54, 1.807) is 31.2 Å². The van der Waals surface area contributed by atoms with Crippen LogP contribution in [0.15, 0.2) is 40.9 Å². The Labute approximate surface area is 133 Å². The quantitative estimate of drug-likeness (QED) is 0.717. The van der Waals surface area contributed by atoms with Gasteiger partial charge in [0.25, 0.3) is 0 Å². The lowest BCUT2D eigenvalue weighted by Gasteiger charge is -2.16. The maximum atomic E-state index is 13.2. The van der Waals surface area contributed by atoms with Crippen LogP contribution in [-0.4, -0.2) is 11.6 Å². The Kier molecular flexibility index (Phi) is 3.65. The minimum absolute atomic E-state index is 0.0307. The van der Waals surface area contributed by atoms with Crippen LogP contribution in [0.25, 0.3) is 0 Å². The molecule has 1 aliphatic heterocycles. The van der Waals surface area contributed by atoms with Crippen LogP contribution in [0.3, 0.4) is 0 Å². The summed E-state index contributed by atoms with van der Waals surface area (Å²) in [5, 5.41) is 0. The maximum Gasteiger partial charge on any atom is 0.433 e. The van der Waals surface area contributed by atoms with Crippen LogP contribution in [-0.2, 0) is 16.5 Å². The number of halogens is 4. The van der Waals surface area contributed by atoms with E-state index < -0.39 is 17.5 Å². The first-order valence-corrected chi connectivity index (χ1v) is 7.23. The lowest BCUT2D eigenvalue weighted by Crippen LogP contribution is -2.17. The predicted octanol–water partition coefficient (Wildman–Crippen LogP) is 4.90. The molecule has 1 aliphatic rings. The van der Waals surface area contributed by atoms with Gasteiger partial charge >= 0.3 is 6.18 Å². The van der Waals surface area contributed by atoms with Gasteiger partial charge in [-0.15, -0.1) is 0 Å². The number of hydrogen-bond donors (Lipinski definition) is 0. The molecule has 2 aromatic rings. The van der Waals surface area contributed by atoms with Gasteiger partial charge in [0.1, 0.15) is 11.4 Å². The van der Waals surface area contributed by atoms with Crippen LogP contribution < -0.4 is 4.74 Å². The summed E-state index contributed by atoms with van der Waals surface area (Å²) in [5.41, 5.74) is -1.85. The number of rotatable bonds is 3. The molecule has 3 rings (SSSR count). The molecule has 2 heterocycles. The first-order valence-electron chi connectivity index (χ1n) is 6.44. The molecule has 0 aliphatic carbocycles. The van der Waals surface area contributed by atoms with E-state index in [1.165, 1.54) is 12.1 Å². The summed E-state index contributed by atoms with van der Waals surface area (Å²) >= 11 is 3.27. The molecule has 1 saturated heterocycles. The molecule has 0 amide bonds. The third kappa shape index (κ3) is 3.10. The minimum Gasteiger partial charge on any atom is -0.439 e. The van der Waals surface area contributed by atoms with Crippen LogP contribution in [0, 0.1) is 0 Å². The predicted molar refractivity (Wildman–Crippen MR) is 76.8 cm³/mol. The summed E-state index contributed by atoms with van der Waals surface area (Å²) in [6.07, 6.45) is -4.57. The summed E-state index contributed by atoms with van der Waals surface area (Å²) in [5.74, 6) is 0.299. The van der Waals surface area contributed by atoms with E-state index in [0.29, 0.717) is 5.75 Å². The molecule has 1 fully saturated rings. The number of alkyl halides is 3. The average molecular weight is 374 g/mol.